The molecule has 0 bridgehead atoms. The van der Waals surface area contributed by atoms with E-state index >= 15 is 0 Å². The monoisotopic (exact) mass is 346 g/mol. The lowest BCUT2D eigenvalue weighted by Crippen LogP contribution is -2.54. The van der Waals surface area contributed by atoms with Crippen molar-refractivity contribution in [3.63, 3.8) is 0 Å². The molecule has 1 aromatic rings. The number of alkyl halides is 7. The molecular weight excluding hydrogens is 329 g/mol. The maximum Gasteiger partial charge on any atom is 0.431 e. The number of benzene rings is 1. The van der Waals surface area contributed by atoms with Crippen LogP contribution in [0.4, 0.5) is 30.7 Å². The van der Waals surface area contributed by atoms with Crippen LogP contribution in [0.25, 0.3) is 0 Å². The van der Waals surface area contributed by atoms with Crippen LogP contribution in [0.5, 0.6) is 0 Å². The highest BCUT2D eigenvalue weighted by molar-refractivity contribution is 5.26. The molecule has 1 atom stereocenters. The van der Waals surface area contributed by atoms with Crippen LogP contribution in [0.2, 0.25) is 0 Å². The molecule has 0 saturated heterocycles. The largest absolute Gasteiger partial charge is 0.431 e. The molecule has 132 valence electrons. The van der Waals surface area contributed by atoms with Gasteiger partial charge in [-0.25, -0.2) is 4.39 Å². The molecule has 0 saturated carbocycles. The van der Waals surface area contributed by atoms with Gasteiger partial charge in [0.25, 0.3) is 0 Å². The minimum Gasteiger partial charge on any atom is -0.388 e. The van der Waals surface area contributed by atoms with Crippen LogP contribution in [0.15, 0.2) is 24.3 Å². The smallest absolute Gasteiger partial charge is 0.388 e. The summed E-state index contributed by atoms with van der Waals surface area (Å²) in [5.74, 6) is 0.202. The topological polar surface area (TPSA) is 20.2 Å². The first-order valence-corrected chi connectivity index (χ1v) is 6.87. The second-order valence-electron chi connectivity index (χ2n) is 5.86. The van der Waals surface area contributed by atoms with Gasteiger partial charge < -0.3 is 5.11 Å². The molecule has 0 amide bonds. The van der Waals surface area contributed by atoms with E-state index in [-0.39, 0.29) is 11.5 Å². The van der Waals surface area contributed by atoms with Crippen molar-refractivity contribution in [2.24, 2.45) is 5.92 Å². The Hall–Kier alpha value is -1.31. The maximum atomic E-state index is 13.6. The summed E-state index contributed by atoms with van der Waals surface area (Å²) in [6, 6.07) is 5.49. The molecule has 0 aliphatic rings. The molecule has 1 nitrogen and oxygen atoms in total. The molecule has 0 radical (unpaired) electrons. The zero-order chi connectivity index (χ0) is 18.1. The predicted molar refractivity (Wildman–Crippen MR) is 70.5 cm³/mol. The van der Waals surface area contributed by atoms with Gasteiger partial charge in [0.15, 0.2) is 0 Å². The maximum absolute atomic E-state index is 13.6. The first kappa shape index (κ1) is 19.7. The summed E-state index contributed by atoms with van der Waals surface area (Å²) in [5, 5.41) is 9.70. The second kappa shape index (κ2) is 6.67. The average Bonchev–Trinajstić information content (AvgIpc) is 2.35. The highest BCUT2D eigenvalue weighted by atomic mass is 19.4. The van der Waals surface area contributed by atoms with E-state index in [1.165, 1.54) is 18.2 Å². The van der Waals surface area contributed by atoms with Gasteiger partial charge in [-0.1, -0.05) is 38.1 Å². The fourth-order valence-corrected chi connectivity index (χ4v) is 2.18. The number of aliphatic hydroxyl groups excluding tert-OH is 1. The van der Waals surface area contributed by atoms with E-state index in [0.717, 1.165) is 0 Å². The Labute approximate surface area is 129 Å². The molecule has 1 unspecified atom stereocenters. The van der Waals surface area contributed by atoms with Crippen LogP contribution in [0.3, 0.4) is 0 Å². The highest BCUT2D eigenvalue weighted by Gasteiger charge is 2.72. The van der Waals surface area contributed by atoms with Crippen molar-refractivity contribution in [2.75, 3.05) is 0 Å². The van der Waals surface area contributed by atoms with Gasteiger partial charge in [-0.3, -0.25) is 0 Å². The Bertz CT molecular complexity index is 505. The fraction of sp³-hybridized carbons (Fsp3) is 0.600. The summed E-state index contributed by atoms with van der Waals surface area (Å²) in [4.78, 5) is 0. The van der Waals surface area contributed by atoms with Crippen molar-refractivity contribution in [2.45, 2.75) is 50.8 Å². The van der Waals surface area contributed by atoms with Crippen LogP contribution in [0, 0.1) is 5.92 Å². The summed E-state index contributed by atoms with van der Waals surface area (Å²) >= 11 is 0. The van der Waals surface area contributed by atoms with Crippen LogP contribution < -0.4 is 0 Å². The van der Waals surface area contributed by atoms with Gasteiger partial charge in [0.05, 0.1) is 6.10 Å². The highest BCUT2D eigenvalue weighted by Crippen LogP contribution is 2.50. The van der Waals surface area contributed by atoms with Crippen molar-refractivity contribution in [3.8, 4) is 0 Å². The third kappa shape index (κ3) is 4.59. The molecular formula is C15H17F7O. The van der Waals surface area contributed by atoms with Gasteiger partial charge in [-0.2, -0.15) is 26.3 Å². The third-order valence-corrected chi connectivity index (χ3v) is 3.35. The molecule has 1 N–H and O–H groups in total. The molecule has 1 aromatic carbocycles. The van der Waals surface area contributed by atoms with E-state index in [9.17, 15) is 35.8 Å². The van der Waals surface area contributed by atoms with Crippen LogP contribution in [-0.4, -0.2) is 23.1 Å². The summed E-state index contributed by atoms with van der Waals surface area (Å²) < 4.78 is 88.8. The summed E-state index contributed by atoms with van der Waals surface area (Å²) in [6.45, 7) is 3.76. The number of hydrogen-bond acceptors (Lipinski definition) is 1. The van der Waals surface area contributed by atoms with Crippen LogP contribution >= 0.6 is 0 Å². The molecule has 0 spiro atoms. The third-order valence-electron chi connectivity index (χ3n) is 3.35. The van der Waals surface area contributed by atoms with Crippen molar-refractivity contribution < 1.29 is 35.8 Å². The van der Waals surface area contributed by atoms with Crippen molar-refractivity contribution in [1.29, 1.82) is 0 Å². The second-order valence-corrected chi connectivity index (χ2v) is 5.86. The molecule has 0 aliphatic heterocycles. The summed E-state index contributed by atoms with van der Waals surface area (Å²) in [7, 11) is 0. The fourth-order valence-electron chi connectivity index (χ4n) is 2.18. The van der Waals surface area contributed by atoms with E-state index < -0.39 is 30.5 Å². The lowest BCUT2D eigenvalue weighted by molar-refractivity contribution is -0.347. The zero-order valence-corrected chi connectivity index (χ0v) is 12.5. The lowest BCUT2D eigenvalue weighted by Gasteiger charge is -2.31. The van der Waals surface area contributed by atoms with E-state index in [1.807, 2.05) is 13.8 Å². The van der Waals surface area contributed by atoms with Gasteiger partial charge in [0, 0.05) is 6.42 Å². The van der Waals surface area contributed by atoms with Crippen molar-refractivity contribution in [1.82, 2.24) is 0 Å². The molecule has 1 rings (SSSR count). The Morgan fingerprint density at radius 3 is 1.91 bits per heavy atom. The van der Waals surface area contributed by atoms with Gasteiger partial charge >= 0.3 is 18.0 Å². The van der Waals surface area contributed by atoms with Crippen LogP contribution in [-0.2, 0) is 6.42 Å². The lowest BCUT2D eigenvalue weighted by atomic mass is 9.91. The van der Waals surface area contributed by atoms with E-state index in [1.54, 1.807) is 6.07 Å². The Kier molecular flexibility index (Phi) is 5.72. The molecule has 0 aliphatic carbocycles. The number of rotatable bonds is 5. The van der Waals surface area contributed by atoms with Gasteiger partial charge in [-0.15, -0.1) is 0 Å². The first-order valence-electron chi connectivity index (χ1n) is 6.87. The Balaban J connectivity index is 3.07. The molecule has 0 aromatic heterocycles. The van der Waals surface area contributed by atoms with E-state index in [2.05, 4.69) is 0 Å². The van der Waals surface area contributed by atoms with Gasteiger partial charge in [0.2, 0.25) is 0 Å². The van der Waals surface area contributed by atoms with Gasteiger partial charge in [-0.05, 0) is 23.5 Å². The minimum atomic E-state index is -6.16. The standard InChI is InChI=1S/C15H17F7O/c1-9(2)6-10-4-3-5-11(7-10)12(23)8-13(16,14(17,18)19)15(20,21)22/h3-5,7,9,12,23H,6,8H2,1-2H3. The zero-order valence-electron chi connectivity index (χ0n) is 12.5. The molecule has 0 fully saturated rings. The molecule has 0 heterocycles. The van der Waals surface area contributed by atoms with Crippen LogP contribution in [0.1, 0.15) is 37.5 Å². The molecule has 23 heavy (non-hydrogen) atoms. The van der Waals surface area contributed by atoms with Crippen molar-refractivity contribution >= 4 is 0 Å². The SMILES string of the molecule is CC(C)Cc1cccc(C(O)CC(F)(C(F)(F)F)C(F)(F)F)c1. The molecule has 8 heteroatoms. The normalized spacial score (nSPS) is 15.1. The van der Waals surface area contributed by atoms with E-state index in [0.29, 0.717) is 12.0 Å². The number of hydrogen-bond donors (Lipinski definition) is 1. The summed E-state index contributed by atoms with van der Waals surface area (Å²) in [6.07, 6.45) is -16.2. The summed E-state index contributed by atoms with van der Waals surface area (Å²) in [5.41, 5.74) is -5.01. The number of aliphatic hydroxyl groups is 1. The van der Waals surface area contributed by atoms with Crippen molar-refractivity contribution in [3.05, 3.63) is 35.4 Å². The quantitative estimate of drug-likeness (QED) is 0.732. The Morgan fingerprint density at radius 2 is 1.48 bits per heavy atom. The van der Waals surface area contributed by atoms with E-state index in [4.69, 9.17) is 0 Å². The van der Waals surface area contributed by atoms with Gasteiger partial charge in [0.1, 0.15) is 0 Å². The minimum absolute atomic E-state index is 0.182. The first-order chi connectivity index (χ1) is 10.3. The Morgan fingerprint density at radius 1 is 0.957 bits per heavy atom. The predicted octanol–water partition coefficient (Wildman–Crippen LogP) is 5.14. The number of halogens is 7. The average molecular weight is 346 g/mol.